The monoisotopic (exact) mass is 360 g/mol. The van der Waals surface area contributed by atoms with Gasteiger partial charge in [0.15, 0.2) is 0 Å². The molecule has 2 heterocycles. The largest absolute Gasteiger partial charge is 0.497 e. The summed E-state index contributed by atoms with van der Waals surface area (Å²) in [7, 11) is 1.64. The fourth-order valence-corrected chi connectivity index (χ4v) is 3.90. The van der Waals surface area contributed by atoms with Crippen molar-refractivity contribution in [3.05, 3.63) is 23.8 Å². The highest BCUT2D eigenvalue weighted by Crippen LogP contribution is 2.38. The van der Waals surface area contributed by atoms with Crippen molar-refractivity contribution in [2.45, 2.75) is 57.4 Å². The van der Waals surface area contributed by atoms with E-state index in [1.165, 1.54) is 12.8 Å². The van der Waals surface area contributed by atoms with E-state index in [0.717, 1.165) is 23.5 Å². The van der Waals surface area contributed by atoms with Crippen LogP contribution < -0.4 is 14.8 Å². The van der Waals surface area contributed by atoms with E-state index in [1.807, 2.05) is 36.9 Å². The predicted molar refractivity (Wildman–Crippen MR) is 97.5 cm³/mol. The van der Waals surface area contributed by atoms with Gasteiger partial charge >= 0.3 is 6.03 Å². The van der Waals surface area contributed by atoms with Gasteiger partial charge < -0.3 is 24.4 Å². The Hall–Kier alpha value is -1.95. The average Bonchev–Trinajstić information content (AvgIpc) is 3.36. The predicted octanol–water partition coefficient (Wildman–Crippen LogP) is 2.95. The van der Waals surface area contributed by atoms with E-state index in [0.29, 0.717) is 31.7 Å². The third kappa shape index (κ3) is 3.75. The number of benzene rings is 1. The molecule has 26 heavy (non-hydrogen) atoms. The number of methoxy groups -OCH3 is 1. The number of carbonyl (C=O) groups is 1. The summed E-state index contributed by atoms with van der Waals surface area (Å²) in [5.74, 6) is 2.25. The van der Waals surface area contributed by atoms with Crippen molar-refractivity contribution < 1.29 is 19.0 Å². The van der Waals surface area contributed by atoms with Crippen molar-refractivity contribution in [3.8, 4) is 11.5 Å². The molecule has 2 atom stereocenters. The first-order valence-corrected chi connectivity index (χ1v) is 9.46. The van der Waals surface area contributed by atoms with Gasteiger partial charge in [-0.05, 0) is 51.2 Å². The van der Waals surface area contributed by atoms with Gasteiger partial charge in [0.2, 0.25) is 0 Å². The van der Waals surface area contributed by atoms with E-state index in [-0.39, 0.29) is 12.1 Å². The van der Waals surface area contributed by atoms with Gasteiger partial charge in [-0.25, -0.2) is 4.79 Å². The lowest BCUT2D eigenvalue weighted by Gasteiger charge is -2.30. The Morgan fingerprint density at radius 3 is 2.88 bits per heavy atom. The number of hydrogen-bond acceptors (Lipinski definition) is 4. The SMILES string of the molecule is COc1ccc2c(c1)OC(C)(C)CN(C(=O)NC1COC(C3CC3)C1)C2. The topological polar surface area (TPSA) is 60.0 Å². The molecule has 2 fully saturated rings. The summed E-state index contributed by atoms with van der Waals surface area (Å²) in [6.45, 7) is 5.67. The van der Waals surface area contributed by atoms with Crippen LogP contribution in [0.4, 0.5) is 4.79 Å². The zero-order chi connectivity index (χ0) is 18.3. The molecule has 2 aliphatic heterocycles. The van der Waals surface area contributed by atoms with Gasteiger partial charge in [-0.15, -0.1) is 0 Å². The number of hydrogen-bond donors (Lipinski definition) is 1. The van der Waals surface area contributed by atoms with E-state index in [9.17, 15) is 4.79 Å². The lowest BCUT2D eigenvalue weighted by molar-refractivity contribution is 0.0788. The smallest absolute Gasteiger partial charge is 0.318 e. The molecule has 0 radical (unpaired) electrons. The molecule has 0 aromatic heterocycles. The van der Waals surface area contributed by atoms with Crippen LogP contribution in [0, 0.1) is 5.92 Å². The number of nitrogens with zero attached hydrogens (tertiary/aromatic N) is 1. The number of ether oxygens (including phenoxy) is 3. The van der Waals surface area contributed by atoms with Crippen molar-refractivity contribution in [1.82, 2.24) is 10.2 Å². The van der Waals surface area contributed by atoms with Gasteiger partial charge in [-0.2, -0.15) is 0 Å². The maximum absolute atomic E-state index is 12.9. The van der Waals surface area contributed by atoms with Crippen LogP contribution in [0.2, 0.25) is 0 Å². The maximum Gasteiger partial charge on any atom is 0.318 e. The summed E-state index contributed by atoms with van der Waals surface area (Å²) in [5, 5.41) is 3.16. The molecule has 4 rings (SSSR count). The van der Waals surface area contributed by atoms with Crippen LogP contribution in [0.25, 0.3) is 0 Å². The van der Waals surface area contributed by atoms with Crippen molar-refractivity contribution in [2.24, 2.45) is 5.92 Å². The summed E-state index contributed by atoms with van der Waals surface area (Å²) in [4.78, 5) is 14.7. The van der Waals surface area contributed by atoms with Crippen molar-refractivity contribution in [3.63, 3.8) is 0 Å². The molecule has 2 unspecified atom stereocenters. The van der Waals surface area contributed by atoms with E-state index >= 15 is 0 Å². The summed E-state index contributed by atoms with van der Waals surface area (Å²) in [6.07, 6.45) is 3.79. The molecular formula is C20H28N2O4. The number of carbonyl (C=O) groups excluding carboxylic acids is 1. The Kier molecular flexibility index (Phi) is 4.47. The Labute approximate surface area is 154 Å². The number of fused-ring (bicyclic) bond motifs is 1. The first-order chi connectivity index (χ1) is 12.4. The van der Waals surface area contributed by atoms with E-state index in [1.54, 1.807) is 7.11 Å². The molecule has 0 bridgehead atoms. The third-order valence-electron chi connectivity index (χ3n) is 5.38. The van der Waals surface area contributed by atoms with Crippen LogP contribution in [0.3, 0.4) is 0 Å². The minimum absolute atomic E-state index is 0.0459. The molecule has 1 N–H and O–H groups in total. The maximum atomic E-state index is 12.9. The van der Waals surface area contributed by atoms with Gasteiger partial charge in [0.25, 0.3) is 0 Å². The molecule has 6 nitrogen and oxygen atoms in total. The molecule has 1 aliphatic carbocycles. The van der Waals surface area contributed by atoms with Crippen LogP contribution >= 0.6 is 0 Å². The van der Waals surface area contributed by atoms with Gasteiger partial charge in [-0.1, -0.05) is 0 Å². The summed E-state index contributed by atoms with van der Waals surface area (Å²) >= 11 is 0. The number of urea groups is 1. The van der Waals surface area contributed by atoms with Crippen molar-refractivity contribution >= 4 is 6.03 Å². The number of amides is 2. The van der Waals surface area contributed by atoms with Crippen LogP contribution in [0.15, 0.2) is 18.2 Å². The molecule has 6 heteroatoms. The molecule has 1 saturated heterocycles. The zero-order valence-electron chi connectivity index (χ0n) is 15.8. The molecular weight excluding hydrogens is 332 g/mol. The number of nitrogens with one attached hydrogen (secondary N) is 1. The second-order valence-corrected chi connectivity index (χ2v) is 8.28. The Balaban J connectivity index is 1.45. The van der Waals surface area contributed by atoms with Gasteiger partial charge in [0.05, 0.1) is 39.0 Å². The Bertz CT molecular complexity index is 686. The number of rotatable bonds is 3. The Morgan fingerprint density at radius 2 is 2.15 bits per heavy atom. The lowest BCUT2D eigenvalue weighted by Crippen LogP contribution is -2.49. The lowest BCUT2D eigenvalue weighted by atomic mass is 10.1. The molecule has 142 valence electrons. The quantitative estimate of drug-likeness (QED) is 0.900. The second-order valence-electron chi connectivity index (χ2n) is 8.28. The molecule has 1 aromatic carbocycles. The summed E-state index contributed by atoms with van der Waals surface area (Å²) in [5.41, 5.74) is 0.516. The van der Waals surface area contributed by atoms with E-state index < -0.39 is 5.60 Å². The minimum atomic E-state index is -0.475. The first kappa shape index (κ1) is 17.5. The zero-order valence-corrected chi connectivity index (χ0v) is 15.8. The third-order valence-corrected chi connectivity index (χ3v) is 5.38. The fourth-order valence-electron chi connectivity index (χ4n) is 3.90. The van der Waals surface area contributed by atoms with Gasteiger partial charge in [0, 0.05) is 11.6 Å². The van der Waals surface area contributed by atoms with Crippen LogP contribution in [-0.4, -0.2) is 48.9 Å². The van der Waals surface area contributed by atoms with Crippen LogP contribution in [0.1, 0.15) is 38.7 Å². The highest BCUT2D eigenvalue weighted by Gasteiger charge is 2.39. The minimum Gasteiger partial charge on any atom is -0.497 e. The van der Waals surface area contributed by atoms with Gasteiger partial charge in [-0.3, -0.25) is 0 Å². The van der Waals surface area contributed by atoms with Crippen molar-refractivity contribution in [2.75, 3.05) is 20.3 Å². The van der Waals surface area contributed by atoms with Gasteiger partial charge in [0.1, 0.15) is 17.1 Å². The van der Waals surface area contributed by atoms with E-state index in [2.05, 4.69) is 5.32 Å². The standard InChI is InChI=1S/C20H28N2O4/c1-20(2)12-22(10-14-6-7-16(24-3)9-18(14)26-20)19(23)21-15-8-17(25-11-15)13-4-5-13/h6-7,9,13,15,17H,4-5,8,10-12H2,1-3H3,(H,21,23). The Morgan fingerprint density at radius 1 is 1.35 bits per heavy atom. The normalized spacial score (nSPS) is 27.3. The molecule has 1 saturated carbocycles. The average molecular weight is 360 g/mol. The highest BCUT2D eigenvalue weighted by atomic mass is 16.5. The van der Waals surface area contributed by atoms with Crippen molar-refractivity contribution in [1.29, 1.82) is 0 Å². The summed E-state index contributed by atoms with van der Waals surface area (Å²) in [6, 6.07) is 5.83. The van der Waals surface area contributed by atoms with E-state index in [4.69, 9.17) is 14.2 Å². The molecule has 3 aliphatic rings. The van der Waals surface area contributed by atoms with Crippen LogP contribution in [-0.2, 0) is 11.3 Å². The summed E-state index contributed by atoms with van der Waals surface area (Å²) < 4.78 is 17.3. The fraction of sp³-hybridized carbons (Fsp3) is 0.650. The first-order valence-electron chi connectivity index (χ1n) is 9.46. The molecule has 1 aromatic rings. The van der Waals surface area contributed by atoms with Crippen LogP contribution in [0.5, 0.6) is 11.5 Å². The highest BCUT2D eigenvalue weighted by molar-refractivity contribution is 5.75. The molecule has 2 amide bonds. The second kappa shape index (κ2) is 6.65. The molecule has 0 spiro atoms.